The molecule has 15 aromatic rings. The molecule has 0 spiro atoms. The second-order valence-electron chi connectivity index (χ2n) is 18.8. The van der Waals surface area contributed by atoms with E-state index in [4.69, 9.17) is 0 Å². The summed E-state index contributed by atoms with van der Waals surface area (Å²) in [6.45, 7) is 0. The third-order valence-corrected chi connectivity index (χ3v) is 15.0. The van der Waals surface area contributed by atoms with Gasteiger partial charge in [0.1, 0.15) is 0 Å². The maximum atomic E-state index is 2.53. The van der Waals surface area contributed by atoms with Gasteiger partial charge in [0.2, 0.25) is 0 Å². The summed E-state index contributed by atoms with van der Waals surface area (Å²) < 4.78 is 5.07. The van der Waals surface area contributed by atoms with Crippen molar-refractivity contribution >= 4 is 110 Å². The number of aromatic nitrogens is 2. The van der Waals surface area contributed by atoms with Crippen molar-refractivity contribution in [3.8, 4) is 22.3 Å². The smallest absolute Gasteiger partial charge is 0.0783 e. The monoisotopic (exact) mass is 916 g/mol. The Labute approximate surface area is 416 Å². The van der Waals surface area contributed by atoms with Crippen LogP contribution in [-0.4, -0.2) is 8.80 Å². The summed E-state index contributed by atoms with van der Waals surface area (Å²) in [5, 5.41) is 10.1. The highest BCUT2D eigenvalue weighted by Crippen LogP contribution is 2.46. The van der Waals surface area contributed by atoms with Crippen LogP contribution in [0.2, 0.25) is 0 Å². The standard InChI is InChI=1S/C68H44N4/c1-5-17-47(18-6-1)69(48-19-7-2-8-20-48)51-37-33-45(34-38-51)53-25-13-27-57-55(53)41-43-61-65(57)59-29-15-31-63-67(59)71(61)64-32-16-30-60-66-58-28-14-26-54(56(58)42-44-62(66)72(63)68(60)64)46-35-39-52(40-36-46)70(49-21-9-3-10-22-49)50-23-11-4-12-24-50/h1-44H. The first-order valence-electron chi connectivity index (χ1n) is 24.8. The maximum absolute atomic E-state index is 2.53. The van der Waals surface area contributed by atoms with Crippen molar-refractivity contribution in [2.75, 3.05) is 9.80 Å². The number of nitrogens with zero attached hydrogens (tertiary/aromatic N) is 4. The molecular weight excluding hydrogens is 873 g/mol. The molecule has 4 heteroatoms. The second-order valence-corrected chi connectivity index (χ2v) is 18.8. The van der Waals surface area contributed by atoms with Crippen LogP contribution in [0.1, 0.15) is 0 Å². The molecule has 0 atom stereocenters. The number of fused-ring (bicyclic) bond motifs is 12. The normalized spacial score (nSPS) is 11.9. The minimum Gasteiger partial charge on any atom is -0.311 e. The lowest BCUT2D eigenvalue weighted by molar-refractivity contribution is 1.26. The Morgan fingerprint density at radius 1 is 0.208 bits per heavy atom. The van der Waals surface area contributed by atoms with Gasteiger partial charge in [0.25, 0.3) is 0 Å². The molecule has 0 unspecified atom stereocenters. The Kier molecular flexibility index (Phi) is 8.92. The summed E-state index contributed by atoms with van der Waals surface area (Å²) in [6, 6.07) is 97.3. The van der Waals surface area contributed by atoms with E-state index in [-0.39, 0.29) is 0 Å². The molecule has 0 saturated heterocycles. The highest BCUT2D eigenvalue weighted by molar-refractivity contribution is 6.30. The van der Waals surface area contributed by atoms with Crippen molar-refractivity contribution in [3.63, 3.8) is 0 Å². The SMILES string of the molecule is c1ccc(N(c2ccccc2)c2ccc(-c3cccc4c3ccc3c4c4cccc5c4n3c3cccc4c6c7cccc(-c8ccc(N(c9ccccc9)c9ccccc9)cc8)c7ccc6n5c43)cc2)cc1. The van der Waals surface area contributed by atoms with Crippen LogP contribution in [0.25, 0.3) is 98.4 Å². The Balaban J connectivity index is 0.872. The minimum atomic E-state index is 1.12. The van der Waals surface area contributed by atoms with Crippen molar-refractivity contribution < 1.29 is 0 Å². The fourth-order valence-corrected chi connectivity index (χ4v) is 12.0. The van der Waals surface area contributed by atoms with Crippen LogP contribution in [0.5, 0.6) is 0 Å². The molecular formula is C68H44N4. The lowest BCUT2D eigenvalue weighted by Crippen LogP contribution is -2.09. The van der Waals surface area contributed by atoms with Gasteiger partial charge in [0, 0.05) is 55.7 Å². The summed E-state index contributed by atoms with van der Waals surface area (Å²) in [5.74, 6) is 0. The largest absolute Gasteiger partial charge is 0.311 e. The number of hydrogen-bond donors (Lipinski definition) is 0. The number of anilines is 6. The van der Waals surface area contributed by atoms with Gasteiger partial charge < -0.3 is 18.6 Å². The molecule has 72 heavy (non-hydrogen) atoms. The van der Waals surface area contributed by atoms with E-state index >= 15 is 0 Å². The molecule has 0 aliphatic carbocycles. The molecule has 0 aliphatic heterocycles. The Hall–Kier alpha value is -9.64. The molecule has 3 aromatic heterocycles. The number of hydrogen-bond acceptors (Lipinski definition) is 2. The molecule has 3 heterocycles. The van der Waals surface area contributed by atoms with Crippen LogP contribution in [0.4, 0.5) is 34.1 Å². The first kappa shape index (κ1) is 40.3. The molecule has 0 fully saturated rings. The maximum Gasteiger partial charge on any atom is 0.0783 e. The molecule has 0 amide bonds. The van der Waals surface area contributed by atoms with Gasteiger partial charge in [-0.2, -0.15) is 0 Å². The van der Waals surface area contributed by atoms with Crippen molar-refractivity contribution in [1.82, 2.24) is 8.80 Å². The summed E-state index contributed by atoms with van der Waals surface area (Å²) in [6.07, 6.45) is 0. The fraction of sp³-hybridized carbons (Fsp3) is 0. The van der Waals surface area contributed by atoms with Gasteiger partial charge in [-0.1, -0.05) is 170 Å². The lowest BCUT2D eigenvalue weighted by atomic mass is 9.95. The topological polar surface area (TPSA) is 15.3 Å². The van der Waals surface area contributed by atoms with E-state index in [1.54, 1.807) is 0 Å². The molecule has 0 aliphatic rings. The van der Waals surface area contributed by atoms with E-state index in [0.717, 1.165) is 34.1 Å². The van der Waals surface area contributed by atoms with E-state index in [0.29, 0.717) is 0 Å². The van der Waals surface area contributed by atoms with Crippen LogP contribution >= 0.6 is 0 Å². The molecule has 12 aromatic carbocycles. The van der Waals surface area contributed by atoms with Crippen LogP contribution in [-0.2, 0) is 0 Å². The van der Waals surface area contributed by atoms with E-state index in [9.17, 15) is 0 Å². The van der Waals surface area contributed by atoms with Gasteiger partial charge in [-0.3, -0.25) is 0 Å². The average molecular weight is 917 g/mol. The van der Waals surface area contributed by atoms with Gasteiger partial charge in [-0.25, -0.2) is 0 Å². The van der Waals surface area contributed by atoms with Crippen LogP contribution < -0.4 is 9.80 Å². The molecule has 15 rings (SSSR count). The van der Waals surface area contributed by atoms with E-state index < -0.39 is 0 Å². The van der Waals surface area contributed by atoms with E-state index in [1.807, 2.05) is 0 Å². The van der Waals surface area contributed by atoms with Gasteiger partial charge in [-0.05, 0) is 141 Å². The number of rotatable bonds is 8. The molecule has 0 radical (unpaired) electrons. The van der Waals surface area contributed by atoms with Crippen molar-refractivity contribution in [1.29, 1.82) is 0 Å². The molecule has 0 saturated carbocycles. The Bertz CT molecular complexity index is 4150. The van der Waals surface area contributed by atoms with Gasteiger partial charge in [0.15, 0.2) is 0 Å². The van der Waals surface area contributed by atoms with Crippen molar-refractivity contribution in [2.24, 2.45) is 0 Å². The highest BCUT2D eigenvalue weighted by Gasteiger charge is 2.24. The number of para-hydroxylation sites is 6. The zero-order chi connectivity index (χ0) is 47.3. The molecule has 0 N–H and O–H groups in total. The summed E-state index contributed by atoms with van der Waals surface area (Å²) >= 11 is 0. The summed E-state index contributed by atoms with van der Waals surface area (Å²) in [4.78, 5) is 4.63. The number of benzene rings is 12. The summed E-state index contributed by atoms with van der Waals surface area (Å²) in [7, 11) is 0. The Morgan fingerprint density at radius 2 is 0.528 bits per heavy atom. The average Bonchev–Trinajstić information content (AvgIpc) is 3.99. The van der Waals surface area contributed by atoms with Gasteiger partial charge in [-0.15, -0.1) is 0 Å². The van der Waals surface area contributed by atoms with Gasteiger partial charge in [0.05, 0.1) is 33.1 Å². The third-order valence-electron chi connectivity index (χ3n) is 15.0. The van der Waals surface area contributed by atoms with E-state index in [1.165, 1.54) is 98.4 Å². The first-order chi connectivity index (χ1) is 35.8. The summed E-state index contributed by atoms with van der Waals surface area (Å²) in [5.41, 5.74) is 18.9. The van der Waals surface area contributed by atoms with E-state index in [2.05, 4.69) is 286 Å². The molecule has 0 bridgehead atoms. The molecule has 336 valence electrons. The minimum absolute atomic E-state index is 1.12. The quantitative estimate of drug-likeness (QED) is 0.141. The fourth-order valence-electron chi connectivity index (χ4n) is 12.0. The highest BCUT2D eigenvalue weighted by atomic mass is 15.1. The van der Waals surface area contributed by atoms with Crippen LogP contribution in [0, 0.1) is 0 Å². The third kappa shape index (κ3) is 5.99. The molecule has 4 nitrogen and oxygen atoms in total. The Morgan fingerprint density at radius 3 is 0.889 bits per heavy atom. The lowest BCUT2D eigenvalue weighted by Gasteiger charge is -2.25. The van der Waals surface area contributed by atoms with Crippen LogP contribution in [0.15, 0.2) is 267 Å². The zero-order valence-electron chi connectivity index (χ0n) is 39.2. The van der Waals surface area contributed by atoms with Gasteiger partial charge >= 0.3 is 0 Å². The van der Waals surface area contributed by atoms with Crippen LogP contribution in [0.3, 0.4) is 0 Å². The predicted molar refractivity (Wildman–Crippen MR) is 305 cm³/mol. The first-order valence-corrected chi connectivity index (χ1v) is 24.8. The van der Waals surface area contributed by atoms with Crippen molar-refractivity contribution in [2.45, 2.75) is 0 Å². The second kappa shape index (κ2) is 16.0. The predicted octanol–water partition coefficient (Wildman–Crippen LogP) is 18.8. The zero-order valence-corrected chi connectivity index (χ0v) is 39.2. The van der Waals surface area contributed by atoms with Crippen molar-refractivity contribution in [3.05, 3.63) is 267 Å².